The van der Waals surface area contributed by atoms with Crippen molar-refractivity contribution in [2.45, 2.75) is 18.9 Å². The minimum absolute atomic E-state index is 0. The molecule has 2 unspecified atom stereocenters. The number of nitrogens with two attached hydrogens (primary N) is 1. The highest BCUT2D eigenvalue weighted by molar-refractivity contribution is 5.85. The summed E-state index contributed by atoms with van der Waals surface area (Å²) >= 11 is 0. The first-order valence-electron chi connectivity index (χ1n) is 5.01. The van der Waals surface area contributed by atoms with Crippen molar-refractivity contribution in [3.8, 4) is 0 Å². The summed E-state index contributed by atoms with van der Waals surface area (Å²) in [4.78, 5) is 13.5. The van der Waals surface area contributed by atoms with Gasteiger partial charge in [-0.1, -0.05) is 0 Å². The van der Waals surface area contributed by atoms with Gasteiger partial charge in [-0.05, 0) is 0 Å². The number of nitrogens with one attached hydrogen (secondary N) is 3. The van der Waals surface area contributed by atoms with E-state index in [0.29, 0.717) is 6.42 Å². The molecule has 0 radical (unpaired) electrons. The molecule has 2 heterocycles. The lowest BCUT2D eigenvalue weighted by Gasteiger charge is -2.39. The molecule has 6 nitrogen and oxygen atoms in total. The maximum absolute atomic E-state index is 11.3. The molecule has 2 aliphatic rings. The molecule has 2 saturated heterocycles. The van der Waals surface area contributed by atoms with E-state index < -0.39 is 6.29 Å². The Bertz CT molecular complexity index is 221. The molecule has 2 atom stereocenters. The van der Waals surface area contributed by atoms with Gasteiger partial charge in [0.1, 0.15) is 6.29 Å². The molecule has 2 fully saturated rings. The Morgan fingerprint density at radius 2 is 2.00 bits per heavy atom. The van der Waals surface area contributed by atoms with Crippen LogP contribution >= 0.6 is 12.4 Å². The minimum Gasteiger partial charge on any atom is -0.328 e. The van der Waals surface area contributed by atoms with Crippen molar-refractivity contribution in [1.82, 2.24) is 20.9 Å². The van der Waals surface area contributed by atoms with Gasteiger partial charge in [-0.25, -0.2) is 0 Å². The van der Waals surface area contributed by atoms with Crippen molar-refractivity contribution in [2.75, 3.05) is 26.2 Å². The van der Waals surface area contributed by atoms with Gasteiger partial charge in [0.15, 0.2) is 0 Å². The summed E-state index contributed by atoms with van der Waals surface area (Å²) in [6, 6.07) is 0. The maximum Gasteiger partial charge on any atom is 0.225 e. The third-order valence-corrected chi connectivity index (χ3v) is 2.66. The minimum atomic E-state index is -0.406. The van der Waals surface area contributed by atoms with E-state index in [1.165, 1.54) is 0 Å². The standard InChI is InChI=1S/C8H17N5O.ClH/c9-8-11-6(5-7(14)12-8)13-3-1-10-2-4-13;/h6,8,10-11H,1-5,9H2,(H,12,14);1H. The molecule has 5 N–H and O–H groups in total. The molecule has 0 aromatic rings. The van der Waals surface area contributed by atoms with Crippen molar-refractivity contribution in [3.63, 3.8) is 0 Å². The van der Waals surface area contributed by atoms with Crippen LogP contribution in [-0.2, 0) is 4.79 Å². The van der Waals surface area contributed by atoms with E-state index in [1.54, 1.807) is 0 Å². The number of amides is 1. The molecule has 0 aliphatic carbocycles. The van der Waals surface area contributed by atoms with Gasteiger partial charge in [-0.3, -0.25) is 20.7 Å². The molecule has 0 aromatic carbocycles. The fourth-order valence-corrected chi connectivity index (χ4v) is 1.94. The second-order valence-electron chi connectivity index (χ2n) is 3.72. The first kappa shape index (κ1) is 12.7. The van der Waals surface area contributed by atoms with Crippen LogP contribution in [0.1, 0.15) is 6.42 Å². The van der Waals surface area contributed by atoms with Crippen molar-refractivity contribution < 1.29 is 4.79 Å². The second kappa shape index (κ2) is 5.62. The number of rotatable bonds is 1. The molecule has 0 spiro atoms. The normalized spacial score (nSPS) is 33.0. The zero-order chi connectivity index (χ0) is 9.97. The second-order valence-corrected chi connectivity index (χ2v) is 3.72. The predicted molar refractivity (Wildman–Crippen MR) is 59.3 cm³/mol. The number of nitrogens with zero attached hydrogens (tertiary/aromatic N) is 1. The first-order valence-corrected chi connectivity index (χ1v) is 5.01. The van der Waals surface area contributed by atoms with Crippen molar-refractivity contribution in [2.24, 2.45) is 5.73 Å². The highest BCUT2D eigenvalue weighted by atomic mass is 35.5. The van der Waals surface area contributed by atoms with Crippen molar-refractivity contribution >= 4 is 18.3 Å². The van der Waals surface area contributed by atoms with Crippen LogP contribution in [0.15, 0.2) is 0 Å². The highest BCUT2D eigenvalue weighted by Gasteiger charge is 2.28. The lowest BCUT2D eigenvalue weighted by Crippen LogP contribution is -2.66. The van der Waals surface area contributed by atoms with Gasteiger partial charge in [-0.15, -0.1) is 12.4 Å². The van der Waals surface area contributed by atoms with Gasteiger partial charge in [0, 0.05) is 26.2 Å². The Hall–Kier alpha value is -0.400. The number of halogens is 1. The Balaban J connectivity index is 0.00000112. The molecule has 2 rings (SSSR count). The van der Waals surface area contributed by atoms with Gasteiger partial charge in [0.05, 0.1) is 12.6 Å². The highest BCUT2D eigenvalue weighted by Crippen LogP contribution is 2.06. The first-order chi connectivity index (χ1) is 6.75. The van der Waals surface area contributed by atoms with E-state index in [-0.39, 0.29) is 24.5 Å². The smallest absolute Gasteiger partial charge is 0.225 e. The van der Waals surface area contributed by atoms with Crippen LogP contribution in [0.25, 0.3) is 0 Å². The van der Waals surface area contributed by atoms with E-state index in [2.05, 4.69) is 20.9 Å². The van der Waals surface area contributed by atoms with Crippen LogP contribution < -0.4 is 21.7 Å². The van der Waals surface area contributed by atoms with Crippen LogP contribution in [0.3, 0.4) is 0 Å². The van der Waals surface area contributed by atoms with Gasteiger partial charge < -0.3 is 10.6 Å². The average molecular weight is 236 g/mol. The number of piperazine rings is 1. The number of hydrogen-bond acceptors (Lipinski definition) is 5. The summed E-state index contributed by atoms with van der Waals surface area (Å²) in [6.07, 6.45) is 0.185. The summed E-state index contributed by atoms with van der Waals surface area (Å²) in [5.74, 6) is 0.0276. The molecule has 0 bridgehead atoms. The summed E-state index contributed by atoms with van der Waals surface area (Å²) in [5.41, 5.74) is 5.64. The number of carbonyl (C=O) groups is 1. The average Bonchev–Trinajstić information content (AvgIpc) is 2.18. The fraction of sp³-hybridized carbons (Fsp3) is 0.875. The van der Waals surface area contributed by atoms with E-state index >= 15 is 0 Å². The van der Waals surface area contributed by atoms with Crippen LogP contribution in [0, 0.1) is 0 Å². The summed E-state index contributed by atoms with van der Waals surface area (Å²) < 4.78 is 0. The topological polar surface area (TPSA) is 82.4 Å². The lowest BCUT2D eigenvalue weighted by atomic mass is 10.2. The third kappa shape index (κ3) is 3.29. The molecule has 1 amide bonds. The molecule has 0 saturated carbocycles. The van der Waals surface area contributed by atoms with Gasteiger partial charge in [-0.2, -0.15) is 0 Å². The molecule has 2 aliphatic heterocycles. The zero-order valence-electron chi connectivity index (χ0n) is 8.53. The summed E-state index contributed by atoms with van der Waals surface area (Å²) in [5, 5.41) is 9.07. The molecular formula is C8H18ClN5O. The molecule has 88 valence electrons. The number of carbonyl (C=O) groups excluding carboxylic acids is 1. The fourth-order valence-electron chi connectivity index (χ4n) is 1.94. The summed E-state index contributed by atoms with van der Waals surface area (Å²) in [6.45, 7) is 3.90. The zero-order valence-corrected chi connectivity index (χ0v) is 9.35. The van der Waals surface area contributed by atoms with E-state index in [9.17, 15) is 4.79 Å². The van der Waals surface area contributed by atoms with Crippen LogP contribution in [0.2, 0.25) is 0 Å². The predicted octanol–water partition coefficient (Wildman–Crippen LogP) is -2.01. The van der Waals surface area contributed by atoms with Gasteiger partial charge >= 0.3 is 0 Å². The third-order valence-electron chi connectivity index (χ3n) is 2.66. The van der Waals surface area contributed by atoms with Gasteiger partial charge in [0.2, 0.25) is 5.91 Å². The summed E-state index contributed by atoms with van der Waals surface area (Å²) in [7, 11) is 0. The van der Waals surface area contributed by atoms with Crippen LogP contribution in [0.5, 0.6) is 0 Å². The molecular weight excluding hydrogens is 218 g/mol. The maximum atomic E-state index is 11.3. The Labute approximate surface area is 95.3 Å². The molecule has 7 heteroatoms. The Kier molecular flexibility index (Phi) is 4.75. The lowest BCUT2D eigenvalue weighted by molar-refractivity contribution is -0.126. The largest absolute Gasteiger partial charge is 0.328 e. The van der Waals surface area contributed by atoms with Crippen LogP contribution in [0.4, 0.5) is 0 Å². The van der Waals surface area contributed by atoms with Crippen LogP contribution in [-0.4, -0.2) is 49.4 Å². The van der Waals surface area contributed by atoms with E-state index in [4.69, 9.17) is 5.73 Å². The monoisotopic (exact) mass is 235 g/mol. The molecule has 0 aromatic heterocycles. The molecule has 15 heavy (non-hydrogen) atoms. The quantitative estimate of drug-likeness (QED) is 0.422. The van der Waals surface area contributed by atoms with Gasteiger partial charge in [0.25, 0.3) is 0 Å². The van der Waals surface area contributed by atoms with E-state index in [0.717, 1.165) is 26.2 Å². The Morgan fingerprint density at radius 3 is 2.60 bits per heavy atom. The van der Waals surface area contributed by atoms with E-state index in [1.807, 2.05) is 0 Å². The van der Waals surface area contributed by atoms with Crippen molar-refractivity contribution in [3.05, 3.63) is 0 Å². The Morgan fingerprint density at radius 1 is 1.33 bits per heavy atom. The number of hydrogen-bond donors (Lipinski definition) is 4. The SMILES string of the molecule is Cl.NC1NC(=O)CC(N2CCNCC2)N1. The van der Waals surface area contributed by atoms with Crippen molar-refractivity contribution in [1.29, 1.82) is 0 Å².